The van der Waals surface area contributed by atoms with Crippen molar-refractivity contribution in [3.8, 4) is 28.3 Å². The van der Waals surface area contributed by atoms with Crippen LogP contribution in [0.3, 0.4) is 0 Å². The van der Waals surface area contributed by atoms with Gasteiger partial charge in [-0.3, -0.25) is 0 Å². The number of hydrogen-bond donors (Lipinski definition) is 1. The minimum Gasteiger partial charge on any atom is -0.497 e. The van der Waals surface area contributed by atoms with Gasteiger partial charge in [-0.2, -0.15) is 0 Å². The predicted octanol–water partition coefficient (Wildman–Crippen LogP) is 6.13. The summed E-state index contributed by atoms with van der Waals surface area (Å²) in [7, 11) is 1.66. The molecule has 1 aliphatic rings. The Morgan fingerprint density at radius 1 is 1.09 bits per heavy atom. The summed E-state index contributed by atoms with van der Waals surface area (Å²) in [6.07, 6.45) is 3.67. The van der Waals surface area contributed by atoms with E-state index in [1.54, 1.807) is 19.2 Å². The minimum atomic E-state index is -0.265. The normalized spacial score (nSPS) is 14.9. The molecule has 5 nitrogen and oxygen atoms in total. The third-order valence-corrected chi connectivity index (χ3v) is 6.19. The van der Waals surface area contributed by atoms with Crippen LogP contribution in [0.2, 0.25) is 0 Å². The van der Waals surface area contributed by atoms with Gasteiger partial charge in [-0.05, 0) is 60.5 Å². The van der Waals surface area contributed by atoms with E-state index in [0.717, 1.165) is 52.5 Å². The number of nitrogens with one attached hydrogen (secondary N) is 1. The first-order valence-corrected chi connectivity index (χ1v) is 11.3. The summed E-state index contributed by atoms with van der Waals surface area (Å²) >= 11 is 5.38. The Hall–Kier alpha value is -3.29. The van der Waals surface area contributed by atoms with Crippen molar-refractivity contribution in [3.05, 3.63) is 88.7 Å². The molecule has 0 amide bonds. The molecule has 0 fully saturated rings. The first-order chi connectivity index (χ1) is 16.1. The second-order valence-corrected chi connectivity index (χ2v) is 8.54. The van der Waals surface area contributed by atoms with E-state index in [-0.39, 0.29) is 11.9 Å². The average Bonchev–Trinajstić information content (AvgIpc) is 3.40. The first kappa shape index (κ1) is 21.6. The number of H-pyrrole nitrogens is 1. The fourth-order valence-electron chi connectivity index (χ4n) is 4.34. The van der Waals surface area contributed by atoms with Gasteiger partial charge in [0.25, 0.3) is 0 Å². The molecule has 2 aromatic heterocycles. The molecule has 0 aliphatic carbocycles. The van der Waals surface area contributed by atoms with Crippen LogP contribution in [-0.2, 0) is 17.8 Å². The van der Waals surface area contributed by atoms with Crippen LogP contribution < -0.4 is 4.74 Å². The lowest BCUT2D eigenvalue weighted by atomic mass is 10.0. The number of rotatable bonds is 7. The summed E-state index contributed by atoms with van der Waals surface area (Å²) in [5, 5.41) is 0. The number of aromatic nitrogens is 3. The lowest BCUT2D eigenvalue weighted by Gasteiger charge is -2.18. The topological polar surface area (TPSA) is 52.1 Å². The lowest BCUT2D eigenvalue weighted by molar-refractivity contribution is 0.0925. The zero-order chi connectivity index (χ0) is 22.8. The summed E-state index contributed by atoms with van der Waals surface area (Å²) in [5.74, 6) is 1.58. The maximum absolute atomic E-state index is 13.6. The van der Waals surface area contributed by atoms with Gasteiger partial charge < -0.3 is 19.0 Å². The number of imidazole rings is 1. The average molecular weight is 462 g/mol. The first-order valence-electron chi connectivity index (χ1n) is 10.9. The molecule has 0 unspecified atom stereocenters. The van der Waals surface area contributed by atoms with Crippen molar-refractivity contribution in [1.82, 2.24) is 14.5 Å². The number of ether oxygens (including phenoxy) is 2. The molecule has 0 bridgehead atoms. The van der Waals surface area contributed by atoms with Crippen molar-refractivity contribution in [2.75, 3.05) is 13.7 Å². The van der Waals surface area contributed by atoms with E-state index in [0.29, 0.717) is 17.9 Å². The van der Waals surface area contributed by atoms with Gasteiger partial charge in [-0.1, -0.05) is 24.4 Å². The number of nitrogens with zero attached hydrogens (tertiary/aromatic N) is 2. The van der Waals surface area contributed by atoms with Crippen LogP contribution in [0.15, 0.2) is 66.9 Å². The third kappa shape index (κ3) is 4.47. The van der Waals surface area contributed by atoms with E-state index in [4.69, 9.17) is 26.7 Å². The number of methoxy groups -OCH3 is 1. The van der Waals surface area contributed by atoms with E-state index in [1.807, 2.05) is 42.6 Å². The molecular formula is C26H24FN3O2S. The Bertz CT molecular complexity index is 1310. The molecule has 3 heterocycles. The Kier molecular flexibility index (Phi) is 6.07. The smallest absolute Gasteiger partial charge is 0.123 e. The molecule has 2 aromatic carbocycles. The van der Waals surface area contributed by atoms with Crippen molar-refractivity contribution < 1.29 is 13.9 Å². The molecule has 0 saturated heterocycles. The van der Waals surface area contributed by atoms with Gasteiger partial charge in [0.1, 0.15) is 22.0 Å². The van der Waals surface area contributed by atoms with Crippen molar-refractivity contribution in [3.63, 3.8) is 0 Å². The number of benzene rings is 2. The SMILES string of the molecule is COc1ccc(COC[C@@H]2CCc3nc(-c4ccc(F)cc4)c(-c4cc[nH]c(=S)c4)n32)cc1. The van der Waals surface area contributed by atoms with Gasteiger partial charge in [-0.15, -0.1) is 0 Å². The monoisotopic (exact) mass is 461 g/mol. The van der Waals surface area contributed by atoms with Gasteiger partial charge in [0.05, 0.1) is 37.8 Å². The molecule has 1 aliphatic heterocycles. The summed E-state index contributed by atoms with van der Waals surface area (Å²) in [5.41, 5.74) is 4.79. The molecule has 33 heavy (non-hydrogen) atoms. The van der Waals surface area contributed by atoms with E-state index in [9.17, 15) is 4.39 Å². The highest BCUT2D eigenvalue weighted by molar-refractivity contribution is 7.71. The van der Waals surface area contributed by atoms with E-state index >= 15 is 0 Å². The summed E-state index contributed by atoms with van der Waals surface area (Å²) in [6.45, 7) is 1.10. The number of hydrogen-bond acceptors (Lipinski definition) is 4. The fraction of sp³-hybridized carbons (Fsp3) is 0.231. The molecule has 0 saturated carbocycles. The molecular weight excluding hydrogens is 437 g/mol. The maximum atomic E-state index is 13.6. The maximum Gasteiger partial charge on any atom is 0.123 e. The number of aryl methyl sites for hydroxylation is 1. The highest BCUT2D eigenvalue weighted by atomic mass is 32.1. The van der Waals surface area contributed by atoms with Crippen molar-refractivity contribution in [2.24, 2.45) is 0 Å². The predicted molar refractivity (Wildman–Crippen MR) is 128 cm³/mol. The Morgan fingerprint density at radius 3 is 2.61 bits per heavy atom. The molecule has 4 aromatic rings. The van der Waals surface area contributed by atoms with Crippen LogP contribution in [0.4, 0.5) is 4.39 Å². The number of halogens is 1. The molecule has 0 radical (unpaired) electrons. The zero-order valence-corrected chi connectivity index (χ0v) is 19.1. The van der Waals surface area contributed by atoms with Gasteiger partial charge in [-0.25, -0.2) is 9.37 Å². The number of fused-ring (bicyclic) bond motifs is 1. The molecule has 0 spiro atoms. The highest BCUT2D eigenvalue weighted by Crippen LogP contribution is 2.39. The van der Waals surface area contributed by atoms with Crippen LogP contribution in [0.5, 0.6) is 5.75 Å². The van der Waals surface area contributed by atoms with Gasteiger partial charge in [0.2, 0.25) is 0 Å². The Balaban J connectivity index is 1.45. The van der Waals surface area contributed by atoms with Crippen LogP contribution in [0.1, 0.15) is 23.9 Å². The second kappa shape index (κ2) is 9.29. The van der Waals surface area contributed by atoms with Crippen molar-refractivity contribution in [2.45, 2.75) is 25.5 Å². The van der Waals surface area contributed by atoms with Crippen LogP contribution in [0, 0.1) is 10.5 Å². The molecule has 7 heteroatoms. The van der Waals surface area contributed by atoms with Crippen molar-refractivity contribution >= 4 is 12.2 Å². The van der Waals surface area contributed by atoms with Gasteiger partial charge in [0, 0.05) is 23.7 Å². The third-order valence-electron chi connectivity index (χ3n) is 5.95. The van der Waals surface area contributed by atoms with Gasteiger partial charge >= 0.3 is 0 Å². The van der Waals surface area contributed by atoms with E-state index in [2.05, 4.69) is 9.55 Å². The summed E-state index contributed by atoms with van der Waals surface area (Å²) in [4.78, 5) is 8.00. The summed E-state index contributed by atoms with van der Waals surface area (Å²) in [6, 6.07) is 18.5. The number of pyridine rings is 1. The van der Waals surface area contributed by atoms with E-state index < -0.39 is 0 Å². The standard InChI is InChI=1S/C26H24FN3O2S/c1-31-22-9-2-17(3-10-22)15-32-16-21-8-11-23-29-25(18-4-6-20(27)7-5-18)26(30(21)23)19-12-13-28-24(33)14-19/h2-7,9-10,12-14,21H,8,11,15-16H2,1H3,(H,28,33)/t21-/m0/s1. The van der Waals surface area contributed by atoms with Crippen LogP contribution in [0.25, 0.3) is 22.5 Å². The Labute approximate surface area is 196 Å². The fourth-order valence-corrected chi connectivity index (χ4v) is 4.54. The zero-order valence-electron chi connectivity index (χ0n) is 18.3. The molecule has 5 rings (SSSR count). The Morgan fingerprint density at radius 2 is 1.88 bits per heavy atom. The quantitative estimate of drug-likeness (QED) is 0.337. The summed E-state index contributed by atoms with van der Waals surface area (Å²) < 4.78 is 27.8. The molecule has 1 N–H and O–H groups in total. The van der Waals surface area contributed by atoms with Crippen LogP contribution in [-0.4, -0.2) is 28.3 Å². The molecule has 1 atom stereocenters. The number of aromatic amines is 1. The van der Waals surface area contributed by atoms with Crippen LogP contribution >= 0.6 is 12.2 Å². The highest BCUT2D eigenvalue weighted by Gasteiger charge is 2.30. The lowest BCUT2D eigenvalue weighted by Crippen LogP contribution is -2.13. The van der Waals surface area contributed by atoms with E-state index in [1.165, 1.54) is 12.1 Å². The largest absolute Gasteiger partial charge is 0.497 e. The van der Waals surface area contributed by atoms with Gasteiger partial charge in [0.15, 0.2) is 0 Å². The second-order valence-electron chi connectivity index (χ2n) is 8.10. The minimum absolute atomic E-state index is 0.160. The van der Waals surface area contributed by atoms with Crippen molar-refractivity contribution in [1.29, 1.82) is 0 Å². The molecule has 168 valence electrons.